The van der Waals surface area contributed by atoms with Crippen LogP contribution in [0.15, 0.2) is 24.3 Å². The first-order valence-corrected chi connectivity index (χ1v) is 9.45. The van der Waals surface area contributed by atoms with Crippen LogP contribution in [0.25, 0.3) is 0 Å². The molecule has 3 rings (SSSR count). The minimum absolute atomic E-state index is 0.0547. The van der Waals surface area contributed by atoms with E-state index in [1.807, 2.05) is 6.92 Å². The first-order valence-electron chi connectivity index (χ1n) is 9.45. The largest absolute Gasteiger partial charge is 0.465 e. The molecule has 150 valence electrons. The van der Waals surface area contributed by atoms with E-state index >= 15 is 0 Å². The lowest BCUT2D eigenvalue weighted by Gasteiger charge is -2.36. The monoisotopic (exact) mass is 387 g/mol. The van der Waals surface area contributed by atoms with E-state index in [2.05, 4.69) is 15.4 Å². The molecule has 1 aliphatic carbocycles. The van der Waals surface area contributed by atoms with E-state index in [4.69, 9.17) is 0 Å². The average molecular weight is 387 g/mol. The smallest absolute Gasteiger partial charge is 0.337 e. The molecule has 8 heteroatoms. The molecule has 2 atom stereocenters. The van der Waals surface area contributed by atoms with E-state index < -0.39 is 23.4 Å². The summed E-state index contributed by atoms with van der Waals surface area (Å²) in [6, 6.07) is 6.13. The van der Waals surface area contributed by atoms with Gasteiger partial charge < -0.3 is 15.4 Å². The van der Waals surface area contributed by atoms with E-state index in [9.17, 15) is 19.2 Å². The fourth-order valence-corrected chi connectivity index (χ4v) is 3.92. The van der Waals surface area contributed by atoms with Gasteiger partial charge in [0.2, 0.25) is 5.91 Å². The van der Waals surface area contributed by atoms with Gasteiger partial charge in [0.25, 0.3) is 5.91 Å². The molecule has 2 aliphatic rings. The van der Waals surface area contributed by atoms with Crippen LogP contribution in [0.4, 0.5) is 4.79 Å². The summed E-state index contributed by atoms with van der Waals surface area (Å²) in [5.74, 6) is -1.09. The van der Waals surface area contributed by atoms with Crippen LogP contribution in [0.3, 0.4) is 0 Å². The second kappa shape index (κ2) is 8.00. The van der Waals surface area contributed by atoms with Crippen molar-refractivity contribution in [3.63, 3.8) is 0 Å². The molecule has 8 nitrogen and oxygen atoms in total. The highest BCUT2D eigenvalue weighted by atomic mass is 16.5. The summed E-state index contributed by atoms with van der Waals surface area (Å²) in [6.07, 6.45) is 3.43. The SMILES string of the molecule is COC(=O)c1ccc(CNC(=O)CN2C(=O)N[C@]3(CCCC[C@@H]3C)C2=O)cc1. The van der Waals surface area contributed by atoms with Crippen LogP contribution in [-0.2, 0) is 20.9 Å². The van der Waals surface area contributed by atoms with Gasteiger partial charge in [-0.2, -0.15) is 0 Å². The number of hydrogen-bond donors (Lipinski definition) is 2. The van der Waals surface area contributed by atoms with Gasteiger partial charge in [-0.1, -0.05) is 31.9 Å². The molecule has 1 spiro atoms. The summed E-state index contributed by atoms with van der Waals surface area (Å²) in [4.78, 5) is 49.9. The summed E-state index contributed by atoms with van der Waals surface area (Å²) in [7, 11) is 1.31. The number of carbonyl (C=O) groups is 4. The zero-order valence-corrected chi connectivity index (χ0v) is 16.1. The molecular weight excluding hydrogens is 362 g/mol. The van der Waals surface area contributed by atoms with Crippen molar-refractivity contribution < 1.29 is 23.9 Å². The van der Waals surface area contributed by atoms with Gasteiger partial charge in [0.15, 0.2) is 0 Å². The van der Waals surface area contributed by atoms with Crippen molar-refractivity contribution in [3.05, 3.63) is 35.4 Å². The van der Waals surface area contributed by atoms with E-state index in [1.54, 1.807) is 24.3 Å². The second-order valence-electron chi connectivity index (χ2n) is 7.40. The minimum atomic E-state index is -0.862. The zero-order chi connectivity index (χ0) is 20.3. The van der Waals surface area contributed by atoms with Gasteiger partial charge in [-0.25, -0.2) is 9.59 Å². The molecule has 0 bridgehead atoms. The first-order chi connectivity index (χ1) is 13.4. The number of carbonyl (C=O) groups excluding carboxylic acids is 4. The van der Waals surface area contributed by atoms with Gasteiger partial charge >= 0.3 is 12.0 Å². The maximum atomic E-state index is 12.9. The average Bonchev–Trinajstić information content (AvgIpc) is 2.93. The van der Waals surface area contributed by atoms with Crippen LogP contribution in [0.5, 0.6) is 0 Å². The van der Waals surface area contributed by atoms with E-state index in [0.717, 1.165) is 29.7 Å². The number of imide groups is 1. The lowest BCUT2D eigenvalue weighted by atomic mass is 9.73. The third-order valence-electron chi connectivity index (χ3n) is 5.67. The fraction of sp³-hybridized carbons (Fsp3) is 0.500. The van der Waals surface area contributed by atoms with E-state index in [-0.39, 0.29) is 24.9 Å². The Morgan fingerprint density at radius 2 is 1.96 bits per heavy atom. The van der Waals surface area contributed by atoms with Crippen molar-refractivity contribution in [2.75, 3.05) is 13.7 Å². The Morgan fingerprint density at radius 3 is 2.61 bits per heavy atom. The third kappa shape index (κ3) is 3.72. The molecule has 1 aromatic carbocycles. The lowest BCUT2D eigenvalue weighted by molar-refractivity contribution is -0.137. The Kier molecular flexibility index (Phi) is 5.67. The van der Waals surface area contributed by atoms with Gasteiger partial charge in [-0.3, -0.25) is 14.5 Å². The number of nitrogens with one attached hydrogen (secondary N) is 2. The standard InChI is InChI=1S/C20H25N3O5/c1-13-5-3-4-10-20(13)18(26)23(19(27)22-20)12-16(24)21-11-14-6-8-15(9-7-14)17(25)28-2/h6-9,13H,3-5,10-12H2,1-2H3,(H,21,24)(H,22,27)/t13-,20-/m0/s1. The molecule has 1 saturated carbocycles. The Bertz CT molecular complexity index is 792. The normalized spacial score (nSPS) is 24.2. The predicted octanol–water partition coefficient (Wildman–Crippen LogP) is 1.59. The molecule has 4 amide bonds. The highest BCUT2D eigenvalue weighted by molar-refractivity contribution is 6.09. The van der Waals surface area contributed by atoms with Crippen LogP contribution in [0.1, 0.15) is 48.5 Å². The molecule has 1 saturated heterocycles. The molecule has 0 aromatic heterocycles. The van der Waals surface area contributed by atoms with Crippen molar-refractivity contribution in [2.45, 2.75) is 44.7 Å². The van der Waals surface area contributed by atoms with Crippen molar-refractivity contribution in [1.29, 1.82) is 0 Å². The topological polar surface area (TPSA) is 105 Å². The molecule has 1 heterocycles. The van der Waals surface area contributed by atoms with Gasteiger partial charge in [-0.05, 0) is 36.5 Å². The molecule has 0 unspecified atom stereocenters. The summed E-state index contributed by atoms with van der Waals surface area (Å²) < 4.78 is 4.64. The number of esters is 1. The Labute approximate surface area is 163 Å². The highest BCUT2D eigenvalue weighted by Crippen LogP contribution is 2.38. The number of urea groups is 1. The highest BCUT2D eigenvalue weighted by Gasteiger charge is 2.55. The van der Waals surface area contributed by atoms with Crippen molar-refractivity contribution in [3.8, 4) is 0 Å². The maximum Gasteiger partial charge on any atom is 0.337 e. The quantitative estimate of drug-likeness (QED) is 0.590. The zero-order valence-electron chi connectivity index (χ0n) is 16.1. The molecule has 1 aromatic rings. The van der Waals surface area contributed by atoms with Gasteiger partial charge in [0.1, 0.15) is 12.1 Å². The van der Waals surface area contributed by atoms with Gasteiger partial charge in [0.05, 0.1) is 12.7 Å². The van der Waals surface area contributed by atoms with Gasteiger partial charge in [-0.15, -0.1) is 0 Å². The van der Waals surface area contributed by atoms with Crippen molar-refractivity contribution in [2.24, 2.45) is 5.92 Å². The predicted molar refractivity (Wildman–Crippen MR) is 100 cm³/mol. The van der Waals surface area contributed by atoms with Crippen molar-refractivity contribution in [1.82, 2.24) is 15.5 Å². The first kappa shape index (κ1) is 19.9. The summed E-state index contributed by atoms with van der Waals surface area (Å²) in [6.45, 7) is 1.89. The van der Waals surface area contributed by atoms with Crippen molar-refractivity contribution >= 4 is 23.8 Å². The number of benzene rings is 1. The summed E-state index contributed by atoms with van der Waals surface area (Å²) in [5.41, 5.74) is 0.346. The summed E-state index contributed by atoms with van der Waals surface area (Å²) >= 11 is 0. The van der Waals surface area contributed by atoms with Crippen LogP contribution in [-0.4, -0.2) is 47.9 Å². The van der Waals surface area contributed by atoms with Crippen LogP contribution in [0, 0.1) is 5.92 Å². The number of ether oxygens (including phenoxy) is 1. The third-order valence-corrected chi connectivity index (χ3v) is 5.67. The van der Waals surface area contributed by atoms with Crippen LogP contribution >= 0.6 is 0 Å². The molecule has 2 fully saturated rings. The fourth-order valence-electron chi connectivity index (χ4n) is 3.92. The van der Waals surface area contributed by atoms with Crippen LogP contribution in [0.2, 0.25) is 0 Å². The second-order valence-corrected chi connectivity index (χ2v) is 7.40. The van der Waals surface area contributed by atoms with Gasteiger partial charge in [0, 0.05) is 6.54 Å². The number of hydrogen-bond acceptors (Lipinski definition) is 5. The van der Waals surface area contributed by atoms with Crippen LogP contribution < -0.4 is 10.6 Å². The maximum absolute atomic E-state index is 12.9. The van der Waals surface area contributed by atoms with E-state index in [1.165, 1.54) is 7.11 Å². The summed E-state index contributed by atoms with van der Waals surface area (Å²) in [5, 5.41) is 5.54. The van der Waals surface area contributed by atoms with E-state index in [0.29, 0.717) is 12.0 Å². The molecule has 1 aliphatic heterocycles. The number of methoxy groups -OCH3 is 1. The number of amides is 4. The molecule has 28 heavy (non-hydrogen) atoms. The minimum Gasteiger partial charge on any atom is -0.465 e. The molecule has 2 N–H and O–H groups in total. The number of nitrogens with zero attached hydrogens (tertiary/aromatic N) is 1. The molecular formula is C20H25N3O5. The Morgan fingerprint density at radius 1 is 1.25 bits per heavy atom. The lowest BCUT2D eigenvalue weighted by Crippen LogP contribution is -2.54. The number of rotatable bonds is 5. The molecule has 0 radical (unpaired) electrons. The Hall–Kier alpha value is -2.90. The Balaban J connectivity index is 1.57.